The number of nitrogens with zero attached hydrogens (tertiary/aromatic N) is 1. The van der Waals surface area contributed by atoms with Crippen molar-refractivity contribution in [2.45, 2.75) is 38.8 Å². The van der Waals surface area contributed by atoms with Crippen LogP contribution in [0.1, 0.15) is 38.3 Å². The van der Waals surface area contributed by atoms with Crippen molar-refractivity contribution in [3.8, 4) is 0 Å². The molecule has 2 rings (SSSR count). The Balaban J connectivity index is 2.04. The number of carbonyl (C=O) groups is 1. The summed E-state index contributed by atoms with van der Waals surface area (Å²) in [5, 5.41) is 3.26. The zero-order valence-electron chi connectivity index (χ0n) is 11.5. The van der Waals surface area contributed by atoms with Crippen LogP contribution in [0, 0.1) is 5.82 Å². The van der Waals surface area contributed by atoms with Crippen molar-refractivity contribution >= 4 is 5.91 Å². The van der Waals surface area contributed by atoms with Crippen LogP contribution in [-0.4, -0.2) is 29.9 Å². The van der Waals surface area contributed by atoms with Crippen LogP contribution in [-0.2, 0) is 4.79 Å². The quantitative estimate of drug-likeness (QED) is 0.886. The zero-order valence-corrected chi connectivity index (χ0v) is 11.5. The molecule has 0 aliphatic carbocycles. The lowest BCUT2D eigenvalue weighted by Crippen LogP contribution is -2.39. The van der Waals surface area contributed by atoms with Gasteiger partial charge in [-0.2, -0.15) is 0 Å². The second-order valence-corrected chi connectivity index (χ2v) is 5.06. The molecule has 1 aromatic rings. The highest BCUT2D eigenvalue weighted by atomic mass is 19.1. The maximum atomic E-state index is 13.2. The lowest BCUT2D eigenvalue weighted by atomic mass is 10.1. The Morgan fingerprint density at radius 3 is 3.00 bits per heavy atom. The first-order valence-electron chi connectivity index (χ1n) is 6.92. The molecular weight excluding hydrogens is 243 g/mol. The molecule has 104 valence electrons. The third kappa shape index (κ3) is 3.13. The summed E-state index contributed by atoms with van der Waals surface area (Å²) in [6, 6.07) is 6.34. The fourth-order valence-corrected chi connectivity index (χ4v) is 2.54. The molecule has 2 atom stereocenters. The summed E-state index contributed by atoms with van der Waals surface area (Å²) in [5.74, 6) is -0.123. The lowest BCUT2D eigenvalue weighted by molar-refractivity contribution is -0.131. The summed E-state index contributed by atoms with van der Waals surface area (Å²) in [5.41, 5.74) is 0.851. The van der Waals surface area contributed by atoms with Crippen molar-refractivity contribution in [2.24, 2.45) is 0 Å². The fourth-order valence-electron chi connectivity index (χ4n) is 2.54. The largest absolute Gasteiger partial charge is 0.335 e. The standard InChI is InChI=1S/C15H21FN2O/c1-3-8-17-14-7-9-18(15(14)19)11(2)12-5-4-6-13(16)10-12/h4-6,10-11,14,17H,3,7-9H2,1-2H3. The number of carbonyl (C=O) groups excluding carboxylic acids is 1. The Labute approximate surface area is 113 Å². The topological polar surface area (TPSA) is 32.3 Å². The highest BCUT2D eigenvalue weighted by molar-refractivity contribution is 5.84. The van der Waals surface area contributed by atoms with Crippen LogP contribution < -0.4 is 5.32 Å². The smallest absolute Gasteiger partial charge is 0.240 e. The van der Waals surface area contributed by atoms with Gasteiger partial charge in [0.25, 0.3) is 0 Å². The van der Waals surface area contributed by atoms with Gasteiger partial charge in [-0.3, -0.25) is 4.79 Å². The number of amides is 1. The zero-order chi connectivity index (χ0) is 13.8. The molecule has 0 spiro atoms. The lowest BCUT2D eigenvalue weighted by Gasteiger charge is -2.25. The minimum atomic E-state index is -0.253. The van der Waals surface area contributed by atoms with Gasteiger partial charge in [0.2, 0.25) is 5.91 Å². The SMILES string of the molecule is CCCNC1CCN(C(C)c2cccc(F)c2)C1=O. The third-order valence-electron chi connectivity index (χ3n) is 3.68. The van der Waals surface area contributed by atoms with Crippen LogP contribution in [0.25, 0.3) is 0 Å². The van der Waals surface area contributed by atoms with Gasteiger partial charge in [0.05, 0.1) is 12.1 Å². The number of rotatable bonds is 5. The minimum Gasteiger partial charge on any atom is -0.335 e. The molecule has 19 heavy (non-hydrogen) atoms. The molecule has 1 fully saturated rings. The molecule has 1 aliphatic rings. The summed E-state index contributed by atoms with van der Waals surface area (Å²) in [6.07, 6.45) is 1.85. The van der Waals surface area contributed by atoms with E-state index in [1.54, 1.807) is 6.07 Å². The monoisotopic (exact) mass is 264 g/mol. The van der Waals surface area contributed by atoms with Crippen LogP contribution in [0.4, 0.5) is 4.39 Å². The Bertz CT molecular complexity index is 450. The van der Waals surface area contributed by atoms with E-state index in [4.69, 9.17) is 0 Å². The molecule has 1 heterocycles. The van der Waals surface area contributed by atoms with Gasteiger partial charge in [0.1, 0.15) is 5.82 Å². The molecule has 0 saturated carbocycles. The summed E-state index contributed by atoms with van der Waals surface area (Å²) < 4.78 is 13.2. The second kappa shape index (κ2) is 6.15. The van der Waals surface area contributed by atoms with Crippen molar-refractivity contribution in [3.63, 3.8) is 0 Å². The molecule has 3 nitrogen and oxygen atoms in total. The van der Waals surface area contributed by atoms with Crippen molar-refractivity contribution in [2.75, 3.05) is 13.1 Å². The Hall–Kier alpha value is -1.42. The van der Waals surface area contributed by atoms with E-state index in [1.807, 2.05) is 17.9 Å². The third-order valence-corrected chi connectivity index (χ3v) is 3.68. The van der Waals surface area contributed by atoms with Gasteiger partial charge < -0.3 is 10.2 Å². The average molecular weight is 264 g/mol. The highest BCUT2D eigenvalue weighted by Crippen LogP contribution is 2.26. The first kappa shape index (κ1) is 14.0. The van der Waals surface area contributed by atoms with Gasteiger partial charge in [-0.25, -0.2) is 4.39 Å². The van der Waals surface area contributed by atoms with Gasteiger partial charge >= 0.3 is 0 Å². The van der Waals surface area contributed by atoms with E-state index < -0.39 is 0 Å². The molecule has 2 unspecified atom stereocenters. The molecule has 1 amide bonds. The number of hydrogen-bond acceptors (Lipinski definition) is 2. The van der Waals surface area contributed by atoms with Crippen LogP contribution in [0.5, 0.6) is 0 Å². The maximum absolute atomic E-state index is 13.2. The van der Waals surface area contributed by atoms with Crippen LogP contribution in [0.15, 0.2) is 24.3 Å². The van der Waals surface area contributed by atoms with Crippen molar-refractivity contribution in [1.29, 1.82) is 0 Å². The van der Waals surface area contributed by atoms with Crippen molar-refractivity contribution in [1.82, 2.24) is 10.2 Å². The number of nitrogens with one attached hydrogen (secondary N) is 1. The van der Waals surface area contributed by atoms with Gasteiger partial charge in [-0.15, -0.1) is 0 Å². The summed E-state index contributed by atoms with van der Waals surface area (Å²) in [7, 11) is 0. The highest BCUT2D eigenvalue weighted by Gasteiger charge is 2.34. The van der Waals surface area contributed by atoms with Gasteiger partial charge in [-0.05, 0) is 44.0 Å². The first-order valence-corrected chi connectivity index (χ1v) is 6.92. The van der Waals surface area contributed by atoms with Gasteiger partial charge in [0, 0.05) is 6.54 Å². The molecule has 0 bridgehead atoms. The molecular formula is C15H21FN2O. The molecule has 0 radical (unpaired) electrons. The Morgan fingerprint density at radius 1 is 1.53 bits per heavy atom. The summed E-state index contributed by atoms with van der Waals surface area (Å²) in [6.45, 7) is 5.63. The fraction of sp³-hybridized carbons (Fsp3) is 0.533. The van der Waals surface area contributed by atoms with E-state index in [0.29, 0.717) is 0 Å². The van der Waals surface area contributed by atoms with Crippen LogP contribution >= 0.6 is 0 Å². The molecule has 0 aromatic heterocycles. The van der Waals surface area contributed by atoms with E-state index in [-0.39, 0.29) is 23.8 Å². The summed E-state index contributed by atoms with van der Waals surface area (Å²) in [4.78, 5) is 14.1. The Morgan fingerprint density at radius 2 is 2.32 bits per heavy atom. The Kier molecular flexibility index (Phi) is 4.53. The van der Waals surface area contributed by atoms with Gasteiger partial charge in [0.15, 0.2) is 0 Å². The molecule has 1 aromatic carbocycles. The number of likely N-dealkylation sites (tertiary alicyclic amines) is 1. The van der Waals surface area contributed by atoms with Crippen molar-refractivity contribution in [3.05, 3.63) is 35.6 Å². The number of benzene rings is 1. The molecule has 1 aliphatic heterocycles. The molecule has 1 N–H and O–H groups in total. The first-order chi connectivity index (χ1) is 9.13. The van der Waals surface area contributed by atoms with Crippen LogP contribution in [0.3, 0.4) is 0 Å². The van der Waals surface area contributed by atoms with E-state index in [0.717, 1.165) is 31.5 Å². The van der Waals surface area contributed by atoms with E-state index in [2.05, 4.69) is 12.2 Å². The molecule has 1 saturated heterocycles. The summed E-state index contributed by atoms with van der Waals surface area (Å²) >= 11 is 0. The van der Waals surface area contributed by atoms with E-state index in [9.17, 15) is 9.18 Å². The average Bonchev–Trinajstić information content (AvgIpc) is 2.77. The predicted octanol–water partition coefficient (Wildman–Crippen LogP) is 2.49. The number of hydrogen-bond donors (Lipinski definition) is 1. The van der Waals surface area contributed by atoms with Gasteiger partial charge in [-0.1, -0.05) is 19.1 Å². The minimum absolute atomic E-state index is 0.0726. The molecule has 4 heteroatoms. The van der Waals surface area contributed by atoms with Crippen molar-refractivity contribution < 1.29 is 9.18 Å². The second-order valence-electron chi connectivity index (χ2n) is 5.06. The van der Waals surface area contributed by atoms with E-state index in [1.165, 1.54) is 12.1 Å². The normalized spacial score (nSPS) is 20.9. The number of halogens is 1. The van der Waals surface area contributed by atoms with E-state index >= 15 is 0 Å². The maximum Gasteiger partial charge on any atom is 0.240 e. The van der Waals surface area contributed by atoms with Crippen LogP contribution in [0.2, 0.25) is 0 Å². The predicted molar refractivity (Wildman–Crippen MR) is 73.2 cm³/mol.